The molecular weight excluding hydrogens is 323 g/mol. The second-order valence-electron chi connectivity index (χ2n) is 5.10. The number of carbonyl (C=O) groups excluding carboxylic acids is 1. The lowest BCUT2D eigenvalue weighted by Crippen LogP contribution is -2.36. The van der Waals surface area contributed by atoms with Crippen LogP contribution < -0.4 is 5.32 Å². The normalized spacial score (nSPS) is 16.3. The highest BCUT2D eigenvalue weighted by Gasteiger charge is 2.15. The van der Waals surface area contributed by atoms with Crippen molar-refractivity contribution in [1.82, 2.24) is 10.2 Å². The Balaban J connectivity index is 1.74. The minimum atomic E-state index is -0.210. The van der Waals surface area contributed by atoms with Crippen LogP contribution >= 0.6 is 15.9 Å². The number of rotatable bonds is 5. The second-order valence-corrected chi connectivity index (χ2v) is 6.02. The van der Waals surface area contributed by atoms with Crippen molar-refractivity contribution < 1.29 is 9.18 Å². The number of likely N-dealkylation sites (tertiary alicyclic amines) is 1. The molecule has 1 saturated heterocycles. The first-order valence-corrected chi connectivity index (χ1v) is 7.88. The topological polar surface area (TPSA) is 32.3 Å². The van der Waals surface area contributed by atoms with E-state index in [0.29, 0.717) is 31.6 Å². The molecule has 1 fully saturated rings. The van der Waals surface area contributed by atoms with E-state index in [9.17, 15) is 9.18 Å². The molecule has 0 aliphatic carbocycles. The Labute approximate surface area is 127 Å². The second kappa shape index (κ2) is 7.74. The van der Waals surface area contributed by atoms with Gasteiger partial charge in [0.25, 0.3) is 0 Å². The third kappa shape index (κ3) is 4.56. The highest BCUT2D eigenvalue weighted by atomic mass is 79.9. The molecule has 0 unspecified atom stereocenters. The molecule has 1 heterocycles. The van der Waals surface area contributed by atoms with Crippen molar-refractivity contribution in [2.75, 3.05) is 19.6 Å². The van der Waals surface area contributed by atoms with E-state index in [4.69, 9.17) is 0 Å². The molecule has 2 rings (SSSR count). The van der Waals surface area contributed by atoms with E-state index in [1.54, 1.807) is 6.07 Å². The van der Waals surface area contributed by atoms with Gasteiger partial charge in [0.05, 0.1) is 0 Å². The zero-order valence-electron chi connectivity index (χ0n) is 11.5. The Bertz CT molecular complexity index is 467. The Hall–Kier alpha value is -0.940. The summed E-state index contributed by atoms with van der Waals surface area (Å²) < 4.78 is 14.4. The van der Waals surface area contributed by atoms with Crippen LogP contribution in [-0.2, 0) is 11.3 Å². The molecule has 3 nitrogen and oxygen atoms in total. The van der Waals surface area contributed by atoms with Gasteiger partial charge in [-0.2, -0.15) is 0 Å². The van der Waals surface area contributed by atoms with Gasteiger partial charge in [-0.15, -0.1) is 0 Å². The zero-order valence-corrected chi connectivity index (χ0v) is 13.1. The molecule has 5 heteroatoms. The monoisotopic (exact) mass is 342 g/mol. The van der Waals surface area contributed by atoms with E-state index in [-0.39, 0.29) is 11.7 Å². The number of nitrogens with zero attached hydrogens (tertiary/aromatic N) is 1. The van der Waals surface area contributed by atoms with Gasteiger partial charge in [-0.1, -0.05) is 28.4 Å². The molecule has 1 aliphatic rings. The first-order valence-electron chi connectivity index (χ1n) is 7.09. The van der Waals surface area contributed by atoms with Gasteiger partial charge in [0, 0.05) is 42.6 Å². The van der Waals surface area contributed by atoms with Gasteiger partial charge in [-0.05, 0) is 25.0 Å². The van der Waals surface area contributed by atoms with Crippen LogP contribution in [0.2, 0.25) is 0 Å². The average molecular weight is 343 g/mol. The lowest BCUT2D eigenvalue weighted by atomic mass is 10.2. The van der Waals surface area contributed by atoms with E-state index in [2.05, 4.69) is 21.2 Å². The van der Waals surface area contributed by atoms with Gasteiger partial charge in [0.15, 0.2) is 0 Å². The van der Waals surface area contributed by atoms with Crippen molar-refractivity contribution in [3.63, 3.8) is 0 Å². The Kier molecular flexibility index (Phi) is 5.98. The maximum Gasteiger partial charge on any atom is 0.222 e. The number of halogens is 2. The number of carbonyl (C=O) groups is 1. The smallest absolute Gasteiger partial charge is 0.222 e. The highest BCUT2D eigenvalue weighted by Crippen LogP contribution is 2.15. The van der Waals surface area contributed by atoms with Crippen molar-refractivity contribution in [1.29, 1.82) is 0 Å². The Morgan fingerprint density at radius 1 is 1.30 bits per heavy atom. The van der Waals surface area contributed by atoms with Crippen LogP contribution in [0, 0.1) is 5.82 Å². The Morgan fingerprint density at radius 2 is 2.15 bits per heavy atom. The largest absolute Gasteiger partial charge is 0.341 e. The van der Waals surface area contributed by atoms with E-state index >= 15 is 0 Å². The van der Waals surface area contributed by atoms with Crippen LogP contribution in [0.1, 0.15) is 31.2 Å². The summed E-state index contributed by atoms with van der Waals surface area (Å²) in [6.45, 7) is 2.74. The van der Waals surface area contributed by atoms with Crippen LogP contribution in [0.5, 0.6) is 0 Å². The van der Waals surface area contributed by atoms with Crippen molar-refractivity contribution in [2.45, 2.75) is 32.2 Å². The van der Waals surface area contributed by atoms with Crippen LogP contribution in [0.3, 0.4) is 0 Å². The maximum atomic E-state index is 13.6. The average Bonchev–Trinajstić information content (AvgIpc) is 2.62. The SMILES string of the molecule is O=C1CCCCCN1CCNCc1ccc(Br)cc1F. The fourth-order valence-electron chi connectivity index (χ4n) is 2.38. The maximum absolute atomic E-state index is 13.6. The molecular formula is C15H20BrFN2O. The summed E-state index contributed by atoms with van der Waals surface area (Å²) in [6, 6.07) is 5.07. The molecule has 1 aliphatic heterocycles. The molecule has 1 amide bonds. The van der Waals surface area contributed by atoms with Gasteiger partial charge in [-0.25, -0.2) is 4.39 Å². The van der Waals surface area contributed by atoms with Gasteiger partial charge < -0.3 is 10.2 Å². The highest BCUT2D eigenvalue weighted by molar-refractivity contribution is 9.10. The minimum absolute atomic E-state index is 0.210. The molecule has 0 aromatic heterocycles. The third-order valence-corrected chi connectivity index (χ3v) is 4.05. The molecule has 0 atom stereocenters. The molecule has 1 aromatic rings. The molecule has 0 spiro atoms. The molecule has 0 saturated carbocycles. The molecule has 110 valence electrons. The predicted octanol–water partition coefficient (Wildman–Crippen LogP) is 3.08. The summed E-state index contributed by atoms with van der Waals surface area (Å²) >= 11 is 3.24. The fraction of sp³-hybridized carbons (Fsp3) is 0.533. The lowest BCUT2D eigenvalue weighted by Gasteiger charge is -2.20. The molecule has 1 aromatic carbocycles. The van der Waals surface area contributed by atoms with Crippen LogP contribution in [-0.4, -0.2) is 30.4 Å². The first-order chi connectivity index (χ1) is 9.66. The van der Waals surface area contributed by atoms with E-state index in [1.807, 2.05) is 11.0 Å². The molecule has 20 heavy (non-hydrogen) atoms. The van der Waals surface area contributed by atoms with Crippen molar-refractivity contribution in [3.8, 4) is 0 Å². The first kappa shape index (κ1) is 15.4. The van der Waals surface area contributed by atoms with Crippen LogP contribution in [0.15, 0.2) is 22.7 Å². The summed E-state index contributed by atoms with van der Waals surface area (Å²) in [7, 11) is 0. The van der Waals surface area contributed by atoms with Crippen molar-refractivity contribution in [3.05, 3.63) is 34.1 Å². The number of hydrogen-bond donors (Lipinski definition) is 1. The standard InChI is InChI=1S/C15H20BrFN2O/c16-13-6-5-12(14(17)10-13)11-18-7-9-19-8-3-1-2-4-15(19)20/h5-6,10,18H,1-4,7-9,11H2. The lowest BCUT2D eigenvalue weighted by molar-refractivity contribution is -0.130. The van der Waals surface area contributed by atoms with Gasteiger partial charge >= 0.3 is 0 Å². The quantitative estimate of drug-likeness (QED) is 0.834. The number of benzene rings is 1. The van der Waals surface area contributed by atoms with Crippen molar-refractivity contribution in [2.24, 2.45) is 0 Å². The minimum Gasteiger partial charge on any atom is -0.341 e. The molecule has 1 N–H and O–H groups in total. The van der Waals surface area contributed by atoms with Gasteiger partial charge in [0.2, 0.25) is 5.91 Å². The fourth-order valence-corrected chi connectivity index (χ4v) is 2.71. The summed E-state index contributed by atoms with van der Waals surface area (Å²) in [5.41, 5.74) is 0.649. The van der Waals surface area contributed by atoms with E-state index < -0.39 is 0 Å². The number of hydrogen-bond acceptors (Lipinski definition) is 2. The van der Waals surface area contributed by atoms with E-state index in [0.717, 1.165) is 30.3 Å². The van der Waals surface area contributed by atoms with Gasteiger partial charge in [-0.3, -0.25) is 4.79 Å². The number of amides is 1. The third-order valence-electron chi connectivity index (χ3n) is 3.56. The molecule has 0 radical (unpaired) electrons. The predicted molar refractivity (Wildman–Crippen MR) is 80.9 cm³/mol. The summed E-state index contributed by atoms with van der Waals surface area (Å²) in [5.74, 6) is 0.0387. The zero-order chi connectivity index (χ0) is 14.4. The van der Waals surface area contributed by atoms with Crippen LogP contribution in [0.4, 0.5) is 4.39 Å². The summed E-state index contributed by atoms with van der Waals surface area (Å²) in [5, 5.41) is 3.20. The summed E-state index contributed by atoms with van der Waals surface area (Å²) in [6.07, 6.45) is 3.90. The van der Waals surface area contributed by atoms with E-state index in [1.165, 1.54) is 6.07 Å². The molecule has 0 bridgehead atoms. The van der Waals surface area contributed by atoms with Crippen LogP contribution in [0.25, 0.3) is 0 Å². The number of nitrogens with one attached hydrogen (secondary N) is 1. The van der Waals surface area contributed by atoms with Gasteiger partial charge in [0.1, 0.15) is 5.82 Å². The summed E-state index contributed by atoms with van der Waals surface area (Å²) in [4.78, 5) is 13.7. The van der Waals surface area contributed by atoms with Crippen molar-refractivity contribution >= 4 is 21.8 Å². The Morgan fingerprint density at radius 3 is 2.95 bits per heavy atom.